The maximum atomic E-state index is 15.1. The molecule has 38 heavy (non-hydrogen) atoms. The molecule has 10 heteroatoms. The summed E-state index contributed by atoms with van der Waals surface area (Å²) in [6.07, 6.45) is -1.19. The number of aryl methyl sites for hydroxylation is 2. The molecule has 1 aromatic heterocycles. The number of H-pyrrole nitrogens is 1. The highest BCUT2D eigenvalue weighted by Gasteiger charge is 2.35. The van der Waals surface area contributed by atoms with Gasteiger partial charge in [-0.1, -0.05) is 42.0 Å². The maximum Gasteiger partial charge on any atom is 0.414 e. The minimum Gasteiger partial charge on any atom is -0.442 e. The molecule has 5 rings (SSSR count). The fraction of sp³-hybridized carbons (Fsp3) is 0.250. The number of amides is 2. The van der Waals surface area contributed by atoms with Gasteiger partial charge in [-0.15, -0.1) is 0 Å². The van der Waals surface area contributed by atoms with Gasteiger partial charge in [-0.05, 0) is 37.6 Å². The first-order valence-corrected chi connectivity index (χ1v) is 12.3. The average molecular weight is 516 g/mol. The highest BCUT2D eigenvalue weighted by atomic mass is 19.1. The van der Waals surface area contributed by atoms with Crippen LogP contribution in [0.1, 0.15) is 34.3 Å². The molecule has 3 aromatic carbocycles. The zero-order chi connectivity index (χ0) is 26.8. The zero-order valence-corrected chi connectivity index (χ0v) is 21.0. The molecule has 2 amide bonds. The number of benzene rings is 3. The Labute approximate surface area is 218 Å². The number of rotatable bonds is 8. The van der Waals surface area contributed by atoms with Crippen LogP contribution in [0.25, 0.3) is 22.2 Å². The quantitative estimate of drug-likeness (QED) is 0.334. The number of aromatic nitrogens is 3. The largest absolute Gasteiger partial charge is 0.442 e. The summed E-state index contributed by atoms with van der Waals surface area (Å²) >= 11 is 0. The Hall–Kier alpha value is -4.60. The van der Waals surface area contributed by atoms with Crippen LogP contribution >= 0.6 is 0 Å². The first-order valence-electron chi connectivity index (χ1n) is 12.3. The number of carbonyl (C=O) groups is 3. The molecule has 194 valence electrons. The lowest BCUT2D eigenvalue weighted by atomic mass is 9.99. The molecule has 1 unspecified atom stereocenters. The van der Waals surface area contributed by atoms with Gasteiger partial charge in [0.1, 0.15) is 23.0 Å². The van der Waals surface area contributed by atoms with Gasteiger partial charge >= 0.3 is 6.09 Å². The number of carbonyl (C=O) groups excluding carboxylic acids is 3. The van der Waals surface area contributed by atoms with E-state index in [1.165, 1.54) is 17.0 Å². The van der Waals surface area contributed by atoms with Gasteiger partial charge in [-0.3, -0.25) is 14.5 Å². The van der Waals surface area contributed by atoms with E-state index in [4.69, 9.17) is 4.74 Å². The summed E-state index contributed by atoms with van der Waals surface area (Å²) in [5.41, 5.74) is 4.63. The van der Waals surface area contributed by atoms with E-state index in [-0.39, 0.29) is 43.2 Å². The summed E-state index contributed by atoms with van der Waals surface area (Å²) in [7, 11) is 0. The number of fused-ring (bicyclic) bond motifs is 1. The van der Waals surface area contributed by atoms with E-state index in [0.29, 0.717) is 27.8 Å². The van der Waals surface area contributed by atoms with Crippen molar-refractivity contribution in [3.63, 3.8) is 0 Å². The summed E-state index contributed by atoms with van der Waals surface area (Å²) in [5.74, 6) is -0.935. The Bertz CT molecular complexity index is 1550. The normalized spacial score (nSPS) is 15.1. The van der Waals surface area contributed by atoms with Crippen molar-refractivity contribution < 1.29 is 23.5 Å². The number of halogens is 1. The third-order valence-corrected chi connectivity index (χ3v) is 6.56. The monoisotopic (exact) mass is 515 g/mol. The summed E-state index contributed by atoms with van der Waals surface area (Å²) in [4.78, 5) is 39.0. The second kappa shape index (κ2) is 10.4. The summed E-state index contributed by atoms with van der Waals surface area (Å²) in [5, 5.41) is 13.5. The second-order valence-electron chi connectivity index (χ2n) is 9.29. The Morgan fingerprint density at radius 1 is 1.11 bits per heavy atom. The van der Waals surface area contributed by atoms with Gasteiger partial charge in [0.25, 0.3) is 0 Å². The van der Waals surface area contributed by atoms with Gasteiger partial charge in [0.2, 0.25) is 5.91 Å². The lowest BCUT2D eigenvalue weighted by Gasteiger charge is -2.18. The molecule has 0 aliphatic carbocycles. The van der Waals surface area contributed by atoms with Crippen LogP contribution in [0.5, 0.6) is 0 Å². The minimum absolute atomic E-state index is 0.0201. The zero-order valence-electron chi connectivity index (χ0n) is 21.0. The van der Waals surface area contributed by atoms with Crippen LogP contribution in [-0.2, 0) is 9.53 Å². The number of hydrogen-bond acceptors (Lipinski definition) is 6. The Kier molecular flexibility index (Phi) is 6.87. The van der Waals surface area contributed by atoms with Gasteiger partial charge in [0.05, 0.1) is 18.8 Å². The topological polar surface area (TPSA) is 117 Å². The van der Waals surface area contributed by atoms with Crippen LogP contribution in [-0.4, -0.2) is 52.4 Å². The lowest BCUT2D eigenvalue weighted by Crippen LogP contribution is -2.34. The van der Waals surface area contributed by atoms with E-state index in [0.717, 1.165) is 11.1 Å². The van der Waals surface area contributed by atoms with E-state index in [1.807, 2.05) is 26.0 Å². The molecule has 4 aromatic rings. The van der Waals surface area contributed by atoms with Crippen LogP contribution in [0.2, 0.25) is 0 Å². The SMILES string of the molecule is Cc1ccc(C(=O)CCC(=O)NCC2CN(c3cccc(F)c3-c3cccc4n[nH]nc34)C(=O)O2)c(C)c1. The smallest absolute Gasteiger partial charge is 0.414 e. The Morgan fingerprint density at radius 2 is 1.92 bits per heavy atom. The molecule has 2 N–H and O–H groups in total. The molecule has 2 heterocycles. The summed E-state index contributed by atoms with van der Waals surface area (Å²) < 4.78 is 20.5. The number of ether oxygens (including phenoxy) is 1. The van der Waals surface area contributed by atoms with Crippen molar-refractivity contribution in [3.8, 4) is 11.1 Å². The fourth-order valence-corrected chi connectivity index (χ4v) is 4.70. The van der Waals surface area contributed by atoms with Crippen molar-refractivity contribution in [3.05, 3.63) is 77.1 Å². The van der Waals surface area contributed by atoms with Crippen LogP contribution < -0.4 is 10.2 Å². The number of ketones is 1. The van der Waals surface area contributed by atoms with E-state index in [1.54, 1.807) is 30.3 Å². The third-order valence-electron chi connectivity index (χ3n) is 6.56. The van der Waals surface area contributed by atoms with Crippen LogP contribution in [0.4, 0.5) is 14.9 Å². The van der Waals surface area contributed by atoms with Crippen molar-refractivity contribution in [2.45, 2.75) is 32.8 Å². The predicted octanol–water partition coefficient (Wildman–Crippen LogP) is 4.49. The molecule has 0 spiro atoms. The number of Topliss-reactive ketones (excluding diaryl/α,β-unsaturated/α-hetero) is 1. The molecule has 1 aliphatic heterocycles. The Morgan fingerprint density at radius 3 is 2.74 bits per heavy atom. The molecule has 1 fully saturated rings. The molecule has 0 bridgehead atoms. The van der Waals surface area contributed by atoms with Crippen LogP contribution in [0.3, 0.4) is 0 Å². The highest BCUT2D eigenvalue weighted by molar-refractivity contribution is 6.01. The number of nitrogens with one attached hydrogen (secondary N) is 2. The first kappa shape index (κ1) is 25.1. The van der Waals surface area contributed by atoms with Crippen molar-refractivity contribution in [2.75, 3.05) is 18.0 Å². The standard InChI is InChI=1S/C28H26FN5O4/c1-16-9-10-19(17(2)13-16)24(35)11-12-25(36)30-14-18-15-34(28(37)38-18)23-8-4-6-21(29)26(23)20-5-3-7-22-27(20)32-33-31-22/h3-10,13,18H,11-12,14-15H2,1-2H3,(H,30,36)(H,31,32,33). The van der Waals surface area contributed by atoms with E-state index in [9.17, 15) is 14.4 Å². The summed E-state index contributed by atoms with van der Waals surface area (Å²) in [6.45, 7) is 4.02. The number of nitrogens with zero attached hydrogens (tertiary/aromatic N) is 3. The fourth-order valence-electron chi connectivity index (χ4n) is 4.70. The Balaban J connectivity index is 1.23. The van der Waals surface area contributed by atoms with Crippen molar-refractivity contribution in [1.82, 2.24) is 20.7 Å². The molecule has 0 radical (unpaired) electrons. The number of anilines is 1. The van der Waals surface area contributed by atoms with Crippen molar-refractivity contribution >= 4 is 34.5 Å². The highest BCUT2D eigenvalue weighted by Crippen LogP contribution is 2.38. The molecule has 0 saturated carbocycles. The van der Waals surface area contributed by atoms with E-state index >= 15 is 4.39 Å². The maximum absolute atomic E-state index is 15.1. The first-order chi connectivity index (χ1) is 18.3. The van der Waals surface area contributed by atoms with Gasteiger partial charge in [-0.2, -0.15) is 15.4 Å². The van der Waals surface area contributed by atoms with Gasteiger partial charge in [-0.25, -0.2) is 9.18 Å². The summed E-state index contributed by atoms with van der Waals surface area (Å²) in [6, 6.07) is 15.3. The molecular weight excluding hydrogens is 489 g/mol. The van der Waals surface area contributed by atoms with Gasteiger partial charge in [0, 0.05) is 29.5 Å². The molecular formula is C28H26FN5O4. The number of para-hydroxylation sites is 1. The van der Waals surface area contributed by atoms with Gasteiger partial charge in [0.15, 0.2) is 5.78 Å². The average Bonchev–Trinajstić information content (AvgIpc) is 3.52. The molecule has 9 nitrogen and oxygen atoms in total. The van der Waals surface area contributed by atoms with Crippen molar-refractivity contribution in [2.24, 2.45) is 0 Å². The van der Waals surface area contributed by atoms with Gasteiger partial charge < -0.3 is 10.1 Å². The predicted molar refractivity (Wildman–Crippen MR) is 139 cm³/mol. The lowest BCUT2D eigenvalue weighted by molar-refractivity contribution is -0.121. The molecule has 1 aliphatic rings. The molecule has 1 atom stereocenters. The van der Waals surface area contributed by atoms with E-state index < -0.39 is 18.0 Å². The number of cyclic esters (lactones) is 1. The van der Waals surface area contributed by atoms with Crippen LogP contribution in [0.15, 0.2) is 54.6 Å². The van der Waals surface area contributed by atoms with Crippen molar-refractivity contribution in [1.29, 1.82) is 0 Å². The number of aromatic amines is 1. The second-order valence-corrected chi connectivity index (χ2v) is 9.29. The number of hydrogen-bond donors (Lipinski definition) is 2. The van der Waals surface area contributed by atoms with Crippen LogP contribution in [0, 0.1) is 19.7 Å². The third kappa shape index (κ3) is 4.97. The molecule has 1 saturated heterocycles. The van der Waals surface area contributed by atoms with E-state index in [2.05, 4.69) is 20.7 Å². The minimum atomic E-state index is -0.645.